The van der Waals surface area contributed by atoms with Gasteiger partial charge in [-0.25, -0.2) is 0 Å². The van der Waals surface area contributed by atoms with Gasteiger partial charge in [-0.05, 0) is 106 Å². The molecule has 1 heterocycles. The van der Waals surface area contributed by atoms with Crippen LogP contribution in [-0.2, 0) is 0 Å². The van der Waals surface area contributed by atoms with Crippen LogP contribution in [0.2, 0.25) is 0 Å². The molecule has 1 aliphatic carbocycles. The molecule has 11 rings (SSSR count). The van der Waals surface area contributed by atoms with E-state index in [1.807, 2.05) is 11.8 Å². The van der Waals surface area contributed by atoms with Gasteiger partial charge in [0.25, 0.3) is 0 Å². The van der Waals surface area contributed by atoms with Crippen LogP contribution in [-0.4, -0.2) is 0 Å². The Morgan fingerprint density at radius 2 is 0.816 bits per heavy atom. The van der Waals surface area contributed by atoms with Crippen molar-refractivity contribution in [3.8, 4) is 66.8 Å². The molecule has 0 saturated carbocycles. The van der Waals surface area contributed by atoms with Gasteiger partial charge in [0.15, 0.2) is 0 Å². The second-order valence-electron chi connectivity index (χ2n) is 13.1. The molecule has 49 heavy (non-hydrogen) atoms. The Labute approximate surface area is 289 Å². The van der Waals surface area contributed by atoms with Crippen molar-refractivity contribution in [3.63, 3.8) is 0 Å². The summed E-state index contributed by atoms with van der Waals surface area (Å²) in [5, 5.41) is 7.89. The Morgan fingerprint density at radius 3 is 1.55 bits per heavy atom. The summed E-state index contributed by atoms with van der Waals surface area (Å²) in [6.07, 6.45) is 0. The standard InChI is InChI=1S/C48H28S/c1-2-11-31(12-3-1)44-37-16-4-5-17-38(37)45(48-40-21-9-14-30-13-8-20-39(43(30)40)47(44)48)32-25-23-29(24-26-32)33-27-28-42-46-35(33)18-10-19-36(46)34-15-6-7-22-41(34)49-42/h1-28H. The second kappa shape index (κ2) is 10.3. The SMILES string of the molecule is c1ccc(-c2c3c(c(-c4ccc(-c5ccc6c7c(cccc57)-c5ccccc5S6)cc4)c4ccccc24)-c2cccc4cccc-3c24)cc1. The zero-order valence-electron chi connectivity index (χ0n) is 26.6. The molecule has 0 spiro atoms. The highest BCUT2D eigenvalue weighted by Gasteiger charge is 2.30. The highest BCUT2D eigenvalue weighted by molar-refractivity contribution is 7.99. The van der Waals surface area contributed by atoms with E-state index in [9.17, 15) is 0 Å². The molecule has 1 heteroatoms. The Morgan fingerprint density at radius 1 is 0.265 bits per heavy atom. The van der Waals surface area contributed by atoms with Crippen LogP contribution in [0.5, 0.6) is 0 Å². The molecule has 9 aromatic carbocycles. The van der Waals surface area contributed by atoms with Gasteiger partial charge in [0, 0.05) is 15.2 Å². The van der Waals surface area contributed by atoms with Crippen molar-refractivity contribution < 1.29 is 0 Å². The Balaban J connectivity index is 1.15. The molecule has 2 aliphatic rings. The summed E-state index contributed by atoms with van der Waals surface area (Å²) in [6, 6.07) is 63.1. The third-order valence-corrected chi connectivity index (χ3v) is 11.7. The summed E-state index contributed by atoms with van der Waals surface area (Å²) in [5.74, 6) is 0. The Bertz CT molecular complexity index is 2820. The van der Waals surface area contributed by atoms with Crippen LogP contribution in [0.4, 0.5) is 0 Å². The van der Waals surface area contributed by atoms with E-state index in [-0.39, 0.29) is 0 Å². The van der Waals surface area contributed by atoms with Gasteiger partial charge in [-0.3, -0.25) is 0 Å². The second-order valence-corrected chi connectivity index (χ2v) is 14.2. The smallest absolute Gasteiger partial charge is 0.0207 e. The maximum Gasteiger partial charge on any atom is 0.0207 e. The minimum Gasteiger partial charge on any atom is -0.0888 e. The van der Waals surface area contributed by atoms with Crippen LogP contribution in [0.3, 0.4) is 0 Å². The van der Waals surface area contributed by atoms with Crippen LogP contribution in [0, 0.1) is 0 Å². The first-order chi connectivity index (χ1) is 24.3. The molecule has 0 N–H and O–H groups in total. The predicted octanol–water partition coefficient (Wildman–Crippen LogP) is 13.9. The fourth-order valence-corrected chi connectivity index (χ4v) is 9.72. The molecule has 0 bridgehead atoms. The monoisotopic (exact) mass is 636 g/mol. The molecule has 0 amide bonds. The van der Waals surface area contributed by atoms with Crippen molar-refractivity contribution in [2.75, 3.05) is 0 Å². The molecule has 0 atom stereocenters. The van der Waals surface area contributed by atoms with Crippen molar-refractivity contribution in [2.45, 2.75) is 9.79 Å². The van der Waals surface area contributed by atoms with Gasteiger partial charge in [0.05, 0.1) is 0 Å². The Kier molecular flexibility index (Phi) is 5.70. The average Bonchev–Trinajstić information content (AvgIpc) is 3.50. The summed E-state index contributed by atoms with van der Waals surface area (Å²) < 4.78 is 0. The fraction of sp³-hybridized carbons (Fsp3) is 0. The van der Waals surface area contributed by atoms with Crippen molar-refractivity contribution in [2.24, 2.45) is 0 Å². The first-order valence-electron chi connectivity index (χ1n) is 16.9. The molecule has 0 radical (unpaired) electrons. The first-order valence-corrected chi connectivity index (χ1v) is 17.8. The molecule has 0 unspecified atom stereocenters. The highest BCUT2D eigenvalue weighted by atomic mass is 32.2. The van der Waals surface area contributed by atoms with E-state index < -0.39 is 0 Å². The molecule has 0 saturated heterocycles. The normalized spacial score (nSPS) is 12.4. The summed E-state index contributed by atoms with van der Waals surface area (Å²) in [6.45, 7) is 0. The lowest BCUT2D eigenvalue weighted by atomic mass is 9.82. The summed E-state index contributed by atoms with van der Waals surface area (Å²) in [4.78, 5) is 2.66. The van der Waals surface area contributed by atoms with Gasteiger partial charge in [0.2, 0.25) is 0 Å². The lowest BCUT2D eigenvalue weighted by Gasteiger charge is -2.22. The minimum atomic E-state index is 1.24. The van der Waals surface area contributed by atoms with Gasteiger partial charge >= 0.3 is 0 Å². The molecular formula is C48H28S. The molecule has 1 aliphatic heterocycles. The Hall–Kier alpha value is -5.89. The van der Waals surface area contributed by atoms with E-state index in [1.54, 1.807) is 0 Å². The number of hydrogen-bond donors (Lipinski definition) is 0. The number of hydrogen-bond acceptors (Lipinski definition) is 1. The zero-order valence-corrected chi connectivity index (χ0v) is 27.4. The zero-order chi connectivity index (χ0) is 32.1. The van der Waals surface area contributed by atoms with Crippen LogP contribution in [0.15, 0.2) is 180 Å². The van der Waals surface area contributed by atoms with Gasteiger partial charge < -0.3 is 0 Å². The van der Waals surface area contributed by atoms with E-state index in [0.29, 0.717) is 0 Å². The summed E-state index contributed by atoms with van der Waals surface area (Å²) >= 11 is 1.88. The predicted molar refractivity (Wildman–Crippen MR) is 209 cm³/mol. The van der Waals surface area contributed by atoms with Crippen molar-refractivity contribution in [1.29, 1.82) is 0 Å². The lowest BCUT2D eigenvalue weighted by molar-refractivity contribution is 1.40. The van der Waals surface area contributed by atoms with E-state index in [0.717, 1.165) is 0 Å². The number of benzene rings is 9. The molecule has 9 aromatic rings. The lowest BCUT2D eigenvalue weighted by Crippen LogP contribution is -1.94. The third kappa shape index (κ3) is 3.82. The first kappa shape index (κ1) is 27.1. The van der Waals surface area contributed by atoms with Crippen LogP contribution in [0.1, 0.15) is 0 Å². The molecule has 0 aromatic heterocycles. The average molecular weight is 637 g/mol. The van der Waals surface area contributed by atoms with Gasteiger partial charge in [-0.2, -0.15) is 0 Å². The van der Waals surface area contributed by atoms with Crippen molar-refractivity contribution in [3.05, 3.63) is 170 Å². The highest BCUT2D eigenvalue weighted by Crippen LogP contribution is 2.58. The van der Waals surface area contributed by atoms with Crippen LogP contribution < -0.4 is 0 Å². The third-order valence-electron chi connectivity index (χ3n) is 10.6. The van der Waals surface area contributed by atoms with E-state index in [4.69, 9.17) is 0 Å². The largest absolute Gasteiger partial charge is 0.0888 e. The topological polar surface area (TPSA) is 0 Å². The van der Waals surface area contributed by atoms with E-state index in [1.165, 1.54) is 109 Å². The number of rotatable bonds is 3. The minimum absolute atomic E-state index is 1.24. The summed E-state index contributed by atoms with van der Waals surface area (Å²) in [5.41, 5.74) is 15.6. The van der Waals surface area contributed by atoms with Gasteiger partial charge in [0.1, 0.15) is 0 Å². The molecule has 226 valence electrons. The summed E-state index contributed by atoms with van der Waals surface area (Å²) in [7, 11) is 0. The molecule has 0 nitrogen and oxygen atoms in total. The van der Waals surface area contributed by atoms with Crippen molar-refractivity contribution >= 4 is 44.1 Å². The maximum atomic E-state index is 2.35. The number of fused-ring (bicyclic) bond motifs is 6. The molecular weight excluding hydrogens is 609 g/mol. The van der Waals surface area contributed by atoms with E-state index >= 15 is 0 Å². The van der Waals surface area contributed by atoms with Crippen LogP contribution >= 0.6 is 11.8 Å². The van der Waals surface area contributed by atoms with Crippen molar-refractivity contribution in [1.82, 2.24) is 0 Å². The van der Waals surface area contributed by atoms with E-state index in [2.05, 4.69) is 170 Å². The molecule has 0 fully saturated rings. The van der Waals surface area contributed by atoms with Crippen LogP contribution in [0.25, 0.3) is 99.1 Å². The fourth-order valence-electron chi connectivity index (χ4n) is 8.59. The maximum absolute atomic E-state index is 2.35. The quantitative estimate of drug-likeness (QED) is 0.186. The van der Waals surface area contributed by atoms with Gasteiger partial charge in [-0.1, -0.05) is 169 Å². The van der Waals surface area contributed by atoms with Gasteiger partial charge in [-0.15, -0.1) is 0 Å².